The molecule has 0 atom stereocenters. The Labute approximate surface area is 75.1 Å². The quantitative estimate of drug-likeness (QED) is 0.308. The molecule has 10 heavy (non-hydrogen) atoms. The van der Waals surface area contributed by atoms with Gasteiger partial charge in [0.25, 0.3) is 0 Å². The summed E-state index contributed by atoms with van der Waals surface area (Å²) in [7, 11) is 0. The molecule has 1 rings (SSSR count). The van der Waals surface area contributed by atoms with Gasteiger partial charge >= 0.3 is 18.9 Å². The van der Waals surface area contributed by atoms with Crippen LogP contribution in [0.3, 0.4) is 0 Å². The SMILES string of the molecule is [CH2-]CCN1CCOCC1.[Li+]. The van der Waals surface area contributed by atoms with Crippen molar-refractivity contribution in [2.45, 2.75) is 6.42 Å². The van der Waals surface area contributed by atoms with Crippen LogP contribution in [0.25, 0.3) is 0 Å². The van der Waals surface area contributed by atoms with E-state index in [0.717, 1.165) is 39.3 Å². The zero-order valence-electron chi connectivity index (χ0n) is 6.81. The fourth-order valence-electron chi connectivity index (χ4n) is 1.05. The van der Waals surface area contributed by atoms with Crippen molar-refractivity contribution >= 4 is 0 Å². The Morgan fingerprint density at radius 3 is 2.40 bits per heavy atom. The van der Waals surface area contributed by atoms with E-state index in [0.29, 0.717) is 0 Å². The standard InChI is InChI=1S/C7H14NO.Li/c1-2-3-8-4-6-9-7-5-8;/h1-7H2;/q-1;+1. The molecule has 0 spiro atoms. The molecule has 1 aliphatic heterocycles. The molecular weight excluding hydrogens is 121 g/mol. The fourth-order valence-corrected chi connectivity index (χ4v) is 1.05. The third-order valence-electron chi connectivity index (χ3n) is 1.58. The minimum atomic E-state index is 0. The summed E-state index contributed by atoms with van der Waals surface area (Å²) in [6.07, 6.45) is 1.01. The monoisotopic (exact) mass is 135 g/mol. The second-order valence-corrected chi connectivity index (χ2v) is 2.31. The summed E-state index contributed by atoms with van der Waals surface area (Å²) in [5, 5.41) is 0. The van der Waals surface area contributed by atoms with Gasteiger partial charge in [0, 0.05) is 13.1 Å². The van der Waals surface area contributed by atoms with Crippen molar-refractivity contribution in [3.05, 3.63) is 6.92 Å². The van der Waals surface area contributed by atoms with E-state index >= 15 is 0 Å². The minimum Gasteiger partial charge on any atom is -0.379 e. The predicted octanol–water partition coefficient (Wildman–Crippen LogP) is -2.45. The van der Waals surface area contributed by atoms with Crippen LogP contribution in [0.15, 0.2) is 0 Å². The summed E-state index contributed by atoms with van der Waals surface area (Å²) >= 11 is 0. The van der Waals surface area contributed by atoms with Gasteiger partial charge in [-0.05, 0) is 6.54 Å². The van der Waals surface area contributed by atoms with Gasteiger partial charge in [-0.25, -0.2) is 0 Å². The van der Waals surface area contributed by atoms with E-state index < -0.39 is 0 Å². The molecule has 0 aromatic heterocycles. The minimum absolute atomic E-state index is 0. The van der Waals surface area contributed by atoms with Crippen LogP contribution < -0.4 is 18.9 Å². The molecular formula is C7H14LiNO. The van der Waals surface area contributed by atoms with Crippen LogP contribution in [0, 0.1) is 6.92 Å². The third kappa shape index (κ3) is 3.63. The van der Waals surface area contributed by atoms with E-state index in [1.165, 1.54) is 0 Å². The molecule has 0 aromatic carbocycles. The van der Waals surface area contributed by atoms with Crippen LogP contribution in [0.2, 0.25) is 0 Å². The molecule has 1 aliphatic rings. The molecule has 0 saturated carbocycles. The molecule has 3 heteroatoms. The first-order chi connectivity index (χ1) is 4.43. The van der Waals surface area contributed by atoms with Crippen molar-refractivity contribution in [3.8, 4) is 0 Å². The van der Waals surface area contributed by atoms with Crippen molar-refractivity contribution in [1.82, 2.24) is 4.90 Å². The Morgan fingerprint density at radius 2 is 1.90 bits per heavy atom. The van der Waals surface area contributed by atoms with Crippen molar-refractivity contribution in [1.29, 1.82) is 0 Å². The Kier molecular flexibility index (Phi) is 6.56. The Hall–Kier alpha value is 0.517. The van der Waals surface area contributed by atoms with Gasteiger partial charge in [0.15, 0.2) is 0 Å². The first kappa shape index (κ1) is 10.5. The van der Waals surface area contributed by atoms with Crippen LogP contribution in [-0.4, -0.2) is 37.7 Å². The van der Waals surface area contributed by atoms with Crippen molar-refractivity contribution in [2.24, 2.45) is 0 Å². The molecule has 1 heterocycles. The summed E-state index contributed by atoms with van der Waals surface area (Å²) in [4.78, 5) is 2.39. The first-order valence-corrected chi connectivity index (χ1v) is 3.53. The normalized spacial score (nSPS) is 20.1. The Bertz CT molecular complexity index is 71.3. The third-order valence-corrected chi connectivity index (χ3v) is 1.58. The maximum Gasteiger partial charge on any atom is 1.00 e. The van der Waals surface area contributed by atoms with Crippen LogP contribution >= 0.6 is 0 Å². The zero-order chi connectivity index (χ0) is 6.53. The smallest absolute Gasteiger partial charge is 0.379 e. The summed E-state index contributed by atoms with van der Waals surface area (Å²) in [6.45, 7) is 8.92. The molecule has 0 N–H and O–H groups in total. The molecule has 0 amide bonds. The predicted molar refractivity (Wildman–Crippen MR) is 37.2 cm³/mol. The first-order valence-electron chi connectivity index (χ1n) is 3.53. The fraction of sp³-hybridized carbons (Fsp3) is 0.857. The van der Waals surface area contributed by atoms with Gasteiger partial charge in [-0.3, -0.25) is 0 Å². The second kappa shape index (κ2) is 6.24. The average molecular weight is 135 g/mol. The van der Waals surface area contributed by atoms with E-state index in [-0.39, 0.29) is 18.9 Å². The summed E-state index contributed by atoms with van der Waals surface area (Å²) in [5.74, 6) is 0. The van der Waals surface area contributed by atoms with Gasteiger partial charge in [-0.1, -0.05) is 0 Å². The van der Waals surface area contributed by atoms with Gasteiger partial charge in [0.1, 0.15) is 0 Å². The van der Waals surface area contributed by atoms with E-state index in [1.54, 1.807) is 0 Å². The molecule has 54 valence electrons. The maximum absolute atomic E-state index is 5.18. The maximum atomic E-state index is 5.18. The van der Waals surface area contributed by atoms with Gasteiger partial charge in [-0.15, -0.1) is 0 Å². The molecule has 0 aliphatic carbocycles. The zero-order valence-corrected chi connectivity index (χ0v) is 6.81. The Balaban J connectivity index is 0.000000810. The van der Waals surface area contributed by atoms with Crippen LogP contribution in [0.5, 0.6) is 0 Å². The van der Waals surface area contributed by atoms with Gasteiger partial charge < -0.3 is 16.6 Å². The van der Waals surface area contributed by atoms with E-state index in [1.807, 2.05) is 0 Å². The van der Waals surface area contributed by atoms with Gasteiger partial charge in [-0.2, -0.15) is 6.42 Å². The average Bonchev–Trinajstić information content (AvgIpc) is 1.91. The molecule has 0 bridgehead atoms. The van der Waals surface area contributed by atoms with Crippen LogP contribution in [0.4, 0.5) is 0 Å². The van der Waals surface area contributed by atoms with Crippen LogP contribution in [0.1, 0.15) is 6.42 Å². The van der Waals surface area contributed by atoms with Gasteiger partial charge in [0.2, 0.25) is 0 Å². The largest absolute Gasteiger partial charge is 1.00 e. The summed E-state index contributed by atoms with van der Waals surface area (Å²) in [5.41, 5.74) is 0. The molecule has 0 aromatic rings. The van der Waals surface area contributed by atoms with E-state index in [4.69, 9.17) is 4.74 Å². The molecule has 1 saturated heterocycles. The van der Waals surface area contributed by atoms with Crippen molar-refractivity contribution in [3.63, 3.8) is 0 Å². The summed E-state index contributed by atoms with van der Waals surface area (Å²) < 4.78 is 5.18. The molecule has 2 nitrogen and oxygen atoms in total. The topological polar surface area (TPSA) is 12.5 Å². The summed E-state index contributed by atoms with van der Waals surface area (Å²) in [6, 6.07) is 0. The van der Waals surface area contributed by atoms with Crippen LogP contribution in [-0.2, 0) is 4.74 Å². The number of rotatable bonds is 2. The van der Waals surface area contributed by atoms with Gasteiger partial charge in [0.05, 0.1) is 13.2 Å². The number of ether oxygens (including phenoxy) is 1. The van der Waals surface area contributed by atoms with Crippen molar-refractivity contribution in [2.75, 3.05) is 32.8 Å². The number of nitrogens with zero attached hydrogens (tertiary/aromatic N) is 1. The number of morpholine rings is 1. The van der Waals surface area contributed by atoms with Crippen molar-refractivity contribution < 1.29 is 23.6 Å². The molecule has 0 unspecified atom stereocenters. The number of hydrogen-bond donors (Lipinski definition) is 0. The molecule has 0 radical (unpaired) electrons. The Morgan fingerprint density at radius 1 is 1.30 bits per heavy atom. The van der Waals surface area contributed by atoms with E-state index in [2.05, 4.69) is 11.8 Å². The number of hydrogen-bond acceptors (Lipinski definition) is 2. The van der Waals surface area contributed by atoms with E-state index in [9.17, 15) is 0 Å². The molecule has 1 fully saturated rings. The second-order valence-electron chi connectivity index (χ2n) is 2.31.